The topological polar surface area (TPSA) is 142 Å². The number of piperidine rings is 1. The number of sulfone groups is 1. The third-order valence-corrected chi connectivity index (χ3v) is 8.03. The first-order valence-electron chi connectivity index (χ1n) is 11.6. The monoisotopic (exact) mass is 580 g/mol. The third-order valence-electron chi connectivity index (χ3n) is 6.30. The maximum absolute atomic E-state index is 14.6. The molecule has 0 saturated carbocycles. The summed E-state index contributed by atoms with van der Waals surface area (Å²) in [6, 6.07) is 6.61. The molecule has 11 nitrogen and oxygen atoms in total. The number of aromatic nitrogens is 2. The van der Waals surface area contributed by atoms with Crippen molar-refractivity contribution in [2.45, 2.75) is 30.5 Å². The standard InChI is InChI=1S/C24H19ClF2N4O7S/c25-18-10-19(26)16(9-20(18)27)22-28-21-12-39(35,36)11-17(21)23(29-22)30-7-5-15(6-8-30)38-24(32)37-14-3-1-13(2-4-14)31(33)34/h1-4,9-10,15H,5-8,11-12H2. The van der Waals surface area contributed by atoms with Crippen LogP contribution in [-0.2, 0) is 26.1 Å². The van der Waals surface area contributed by atoms with Crippen LogP contribution in [0.15, 0.2) is 36.4 Å². The van der Waals surface area contributed by atoms with Gasteiger partial charge in [-0.25, -0.2) is 32.0 Å². The molecule has 204 valence electrons. The van der Waals surface area contributed by atoms with Gasteiger partial charge in [0.2, 0.25) is 0 Å². The van der Waals surface area contributed by atoms with Crippen molar-refractivity contribution in [1.82, 2.24) is 9.97 Å². The van der Waals surface area contributed by atoms with E-state index >= 15 is 0 Å². The van der Waals surface area contributed by atoms with E-state index in [-0.39, 0.29) is 45.8 Å². The molecule has 0 radical (unpaired) electrons. The Morgan fingerprint density at radius 3 is 2.44 bits per heavy atom. The Kier molecular flexibility index (Phi) is 7.07. The van der Waals surface area contributed by atoms with E-state index in [1.54, 1.807) is 4.90 Å². The van der Waals surface area contributed by atoms with Crippen LogP contribution in [0.25, 0.3) is 11.4 Å². The van der Waals surface area contributed by atoms with E-state index in [1.807, 2.05) is 0 Å². The number of carbonyl (C=O) groups excluding carboxylic acids is 1. The fraction of sp³-hybridized carbons (Fsp3) is 0.292. The number of nitro groups is 1. The quantitative estimate of drug-likeness (QED) is 0.138. The zero-order valence-electron chi connectivity index (χ0n) is 20.0. The van der Waals surface area contributed by atoms with Crippen LogP contribution >= 0.6 is 11.6 Å². The fourth-order valence-electron chi connectivity index (χ4n) is 4.42. The minimum atomic E-state index is -3.50. The Hall–Kier alpha value is -3.91. The number of fused-ring (bicyclic) bond motifs is 1. The molecule has 2 aliphatic rings. The lowest BCUT2D eigenvalue weighted by atomic mass is 10.1. The highest BCUT2D eigenvalue weighted by atomic mass is 35.5. The van der Waals surface area contributed by atoms with Crippen molar-refractivity contribution in [3.63, 3.8) is 0 Å². The highest BCUT2D eigenvalue weighted by Crippen LogP contribution is 2.36. The number of anilines is 1. The van der Waals surface area contributed by atoms with Crippen LogP contribution in [0.3, 0.4) is 0 Å². The van der Waals surface area contributed by atoms with E-state index in [2.05, 4.69) is 9.97 Å². The van der Waals surface area contributed by atoms with Crippen molar-refractivity contribution in [2.75, 3.05) is 18.0 Å². The SMILES string of the molecule is O=C(Oc1ccc([N+](=O)[O-])cc1)OC1CCN(c2nc(-c3cc(F)c(Cl)cc3F)nc3c2CS(=O)(=O)C3)CC1. The molecule has 0 aliphatic carbocycles. The van der Waals surface area contributed by atoms with Gasteiger partial charge in [-0.2, -0.15) is 0 Å². The predicted octanol–water partition coefficient (Wildman–Crippen LogP) is 4.60. The van der Waals surface area contributed by atoms with Crippen LogP contribution in [0.4, 0.5) is 25.1 Å². The molecule has 39 heavy (non-hydrogen) atoms. The van der Waals surface area contributed by atoms with Gasteiger partial charge in [-0.3, -0.25) is 10.1 Å². The Balaban J connectivity index is 1.31. The smallest absolute Gasteiger partial charge is 0.431 e. The molecule has 1 aromatic heterocycles. The number of benzene rings is 2. The van der Waals surface area contributed by atoms with Gasteiger partial charge in [-0.05, 0) is 24.3 Å². The predicted molar refractivity (Wildman–Crippen MR) is 134 cm³/mol. The molecule has 0 amide bonds. The summed E-state index contributed by atoms with van der Waals surface area (Å²) in [4.78, 5) is 32.8. The first kappa shape index (κ1) is 26.7. The van der Waals surface area contributed by atoms with Crippen LogP contribution in [0.1, 0.15) is 24.1 Å². The molecule has 0 atom stereocenters. The number of carbonyl (C=O) groups is 1. The normalized spacial score (nSPS) is 16.5. The van der Waals surface area contributed by atoms with E-state index in [0.717, 1.165) is 12.1 Å². The second kappa shape index (κ2) is 10.3. The summed E-state index contributed by atoms with van der Waals surface area (Å²) in [5.41, 5.74) is 0.206. The number of non-ortho nitro benzene ring substituents is 1. The van der Waals surface area contributed by atoms with Crippen LogP contribution in [-0.4, -0.2) is 48.7 Å². The lowest BCUT2D eigenvalue weighted by Crippen LogP contribution is -2.39. The second-order valence-corrected chi connectivity index (χ2v) is 11.5. The largest absolute Gasteiger partial charge is 0.514 e. The van der Waals surface area contributed by atoms with Gasteiger partial charge in [-0.15, -0.1) is 0 Å². The van der Waals surface area contributed by atoms with E-state index in [9.17, 15) is 32.1 Å². The Morgan fingerprint density at radius 1 is 1.08 bits per heavy atom. The third kappa shape index (κ3) is 5.76. The van der Waals surface area contributed by atoms with Crippen molar-refractivity contribution >= 4 is 39.1 Å². The average molecular weight is 581 g/mol. The minimum absolute atomic E-state index is 0.0826. The summed E-state index contributed by atoms with van der Waals surface area (Å²) in [7, 11) is -3.50. The molecule has 3 aromatic rings. The second-order valence-electron chi connectivity index (χ2n) is 8.98. The molecule has 0 spiro atoms. The summed E-state index contributed by atoms with van der Waals surface area (Å²) in [5, 5.41) is 10.3. The van der Waals surface area contributed by atoms with Crippen molar-refractivity contribution in [3.8, 4) is 17.1 Å². The van der Waals surface area contributed by atoms with Gasteiger partial charge in [-0.1, -0.05) is 11.6 Å². The average Bonchev–Trinajstić information content (AvgIpc) is 3.20. The van der Waals surface area contributed by atoms with Crippen molar-refractivity contribution in [3.05, 3.63) is 74.4 Å². The van der Waals surface area contributed by atoms with Gasteiger partial charge in [0, 0.05) is 43.6 Å². The lowest BCUT2D eigenvalue weighted by molar-refractivity contribution is -0.384. The molecule has 0 unspecified atom stereocenters. The van der Waals surface area contributed by atoms with Crippen LogP contribution < -0.4 is 9.64 Å². The maximum Gasteiger partial charge on any atom is 0.514 e. The Labute approximate surface area is 225 Å². The van der Waals surface area contributed by atoms with E-state index < -0.39 is 43.7 Å². The van der Waals surface area contributed by atoms with Crippen molar-refractivity contribution in [2.24, 2.45) is 0 Å². The number of rotatable bonds is 5. The minimum Gasteiger partial charge on any atom is -0.431 e. The molecule has 0 N–H and O–H groups in total. The van der Waals surface area contributed by atoms with E-state index in [1.165, 1.54) is 24.3 Å². The molecule has 15 heteroatoms. The summed E-state index contributed by atoms with van der Waals surface area (Å²) < 4.78 is 63.9. The van der Waals surface area contributed by atoms with Gasteiger partial charge in [0.15, 0.2) is 15.7 Å². The Morgan fingerprint density at radius 2 is 1.77 bits per heavy atom. The molecule has 3 heterocycles. The Bertz CT molecular complexity index is 1580. The summed E-state index contributed by atoms with van der Waals surface area (Å²) in [5.74, 6) is -2.16. The van der Waals surface area contributed by atoms with Crippen LogP contribution in [0.5, 0.6) is 5.75 Å². The number of ether oxygens (including phenoxy) is 2. The fourth-order valence-corrected chi connectivity index (χ4v) is 6.06. The molecule has 2 aromatic carbocycles. The number of halogens is 3. The first-order valence-corrected chi connectivity index (χ1v) is 13.8. The molecule has 0 bridgehead atoms. The van der Waals surface area contributed by atoms with Gasteiger partial charge < -0.3 is 14.4 Å². The zero-order chi connectivity index (χ0) is 27.9. The van der Waals surface area contributed by atoms with Crippen molar-refractivity contribution in [1.29, 1.82) is 0 Å². The number of hydrogen-bond donors (Lipinski definition) is 0. The molecule has 1 fully saturated rings. The number of nitrogens with zero attached hydrogens (tertiary/aromatic N) is 4. The summed E-state index contributed by atoms with van der Waals surface area (Å²) in [6.45, 7) is 0.631. The maximum atomic E-state index is 14.6. The van der Waals surface area contributed by atoms with Gasteiger partial charge in [0.25, 0.3) is 5.69 Å². The summed E-state index contributed by atoms with van der Waals surface area (Å²) in [6.07, 6.45) is -0.799. The van der Waals surface area contributed by atoms with Gasteiger partial charge in [0.05, 0.1) is 32.7 Å². The highest BCUT2D eigenvalue weighted by Gasteiger charge is 2.34. The molecular formula is C24H19ClF2N4O7S. The molecular weight excluding hydrogens is 562 g/mol. The molecule has 5 rings (SSSR count). The molecule has 2 aliphatic heterocycles. The zero-order valence-corrected chi connectivity index (χ0v) is 21.5. The summed E-state index contributed by atoms with van der Waals surface area (Å²) >= 11 is 5.66. The molecule has 1 saturated heterocycles. The van der Waals surface area contributed by atoms with Crippen LogP contribution in [0, 0.1) is 21.7 Å². The van der Waals surface area contributed by atoms with Crippen molar-refractivity contribution < 1.29 is 36.4 Å². The highest BCUT2D eigenvalue weighted by molar-refractivity contribution is 7.90. The van der Waals surface area contributed by atoms with Crippen LogP contribution in [0.2, 0.25) is 5.02 Å². The first-order chi connectivity index (χ1) is 18.5. The number of nitro benzene ring substituents is 1. The van der Waals surface area contributed by atoms with E-state index in [0.29, 0.717) is 31.5 Å². The van der Waals surface area contributed by atoms with E-state index in [4.69, 9.17) is 21.1 Å². The van der Waals surface area contributed by atoms with Gasteiger partial charge >= 0.3 is 6.16 Å². The lowest BCUT2D eigenvalue weighted by Gasteiger charge is -2.33. The number of hydrogen-bond acceptors (Lipinski definition) is 10. The van der Waals surface area contributed by atoms with Gasteiger partial charge in [0.1, 0.15) is 29.3 Å².